The van der Waals surface area contributed by atoms with Crippen LogP contribution in [0.4, 0.5) is 0 Å². The fourth-order valence-electron chi connectivity index (χ4n) is 8.50. The number of rotatable bonds is 19. The highest BCUT2D eigenvalue weighted by molar-refractivity contribution is 5.43. The first-order valence-corrected chi connectivity index (χ1v) is 18.7. The molecule has 2 nitrogen and oxygen atoms in total. The smallest absolute Gasteiger partial charge is 0.115 e. The Morgan fingerprint density at radius 2 is 0.814 bits per heavy atom. The van der Waals surface area contributed by atoms with Gasteiger partial charge in [0.2, 0.25) is 0 Å². The molecule has 2 aromatic carbocycles. The van der Waals surface area contributed by atoms with Crippen molar-refractivity contribution in [1.29, 1.82) is 0 Å². The Morgan fingerprint density at radius 1 is 0.465 bits per heavy atom. The lowest BCUT2D eigenvalue weighted by molar-refractivity contribution is 0.208. The maximum Gasteiger partial charge on any atom is 0.115 e. The molecule has 2 N–H and O–H groups in total. The fraction of sp³-hybridized carbons (Fsp3) is 0.707. The number of hydrogen-bond donors (Lipinski definition) is 2. The van der Waals surface area contributed by atoms with Gasteiger partial charge >= 0.3 is 0 Å². The second kappa shape index (κ2) is 18.8. The summed E-state index contributed by atoms with van der Waals surface area (Å²) in [5, 5.41) is 19.8. The summed E-state index contributed by atoms with van der Waals surface area (Å²) in [7, 11) is 0. The normalized spacial score (nSPS) is 20.8. The molecule has 0 saturated heterocycles. The van der Waals surface area contributed by atoms with Crippen molar-refractivity contribution in [1.82, 2.24) is 0 Å². The molecule has 0 heterocycles. The molecule has 4 rings (SSSR count). The van der Waals surface area contributed by atoms with Gasteiger partial charge in [-0.05, 0) is 78.8 Å². The molecule has 0 bridgehead atoms. The third-order valence-electron chi connectivity index (χ3n) is 11.5. The summed E-state index contributed by atoms with van der Waals surface area (Å²) in [6, 6.07) is 15.8. The minimum atomic E-state index is -0.0104. The fourth-order valence-corrected chi connectivity index (χ4v) is 8.50. The van der Waals surface area contributed by atoms with Gasteiger partial charge in [0.25, 0.3) is 0 Å². The summed E-state index contributed by atoms with van der Waals surface area (Å²) in [4.78, 5) is 0. The zero-order chi connectivity index (χ0) is 30.2. The highest BCUT2D eigenvalue weighted by Crippen LogP contribution is 2.48. The molecule has 0 unspecified atom stereocenters. The van der Waals surface area contributed by atoms with Crippen LogP contribution in [0.2, 0.25) is 0 Å². The lowest BCUT2D eigenvalue weighted by Gasteiger charge is -2.42. The monoisotopic (exact) mass is 588 g/mol. The summed E-state index contributed by atoms with van der Waals surface area (Å²) in [5.74, 6) is 3.47. The Bertz CT molecular complexity index is 930. The summed E-state index contributed by atoms with van der Waals surface area (Å²) < 4.78 is 0. The van der Waals surface area contributed by atoms with Crippen LogP contribution in [0, 0.1) is 17.8 Å². The number of aromatic hydroxyl groups is 2. The Hall–Kier alpha value is -1.96. The van der Waals surface area contributed by atoms with Gasteiger partial charge in [0.1, 0.15) is 11.5 Å². The molecule has 2 fully saturated rings. The van der Waals surface area contributed by atoms with Crippen LogP contribution in [-0.2, 0) is 5.41 Å². The van der Waals surface area contributed by atoms with Crippen LogP contribution < -0.4 is 0 Å². The molecule has 0 aromatic heterocycles. The number of benzene rings is 2. The van der Waals surface area contributed by atoms with Gasteiger partial charge in [-0.25, -0.2) is 0 Å². The first-order chi connectivity index (χ1) is 21.1. The van der Waals surface area contributed by atoms with Crippen molar-refractivity contribution in [2.24, 2.45) is 17.8 Å². The van der Waals surface area contributed by atoms with Gasteiger partial charge in [-0.3, -0.25) is 0 Å². The molecule has 240 valence electrons. The van der Waals surface area contributed by atoms with Crippen molar-refractivity contribution in [3.8, 4) is 11.5 Å². The predicted octanol–water partition coefficient (Wildman–Crippen LogP) is 12.6. The molecule has 0 aliphatic heterocycles. The molecule has 2 saturated carbocycles. The molecule has 0 radical (unpaired) electrons. The van der Waals surface area contributed by atoms with Gasteiger partial charge in [-0.1, -0.05) is 160 Å². The van der Waals surface area contributed by atoms with Crippen molar-refractivity contribution in [3.05, 3.63) is 59.7 Å². The zero-order valence-corrected chi connectivity index (χ0v) is 27.7. The van der Waals surface area contributed by atoms with Gasteiger partial charge in [-0.15, -0.1) is 0 Å². The maximum atomic E-state index is 9.89. The summed E-state index contributed by atoms with van der Waals surface area (Å²) in [6.45, 7) is 2.30. The van der Waals surface area contributed by atoms with Crippen molar-refractivity contribution in [2.75, 3.05) is 0 Å². The van der Waals surface area contributed by atoms with Gasteiger partial charge in [0.05, 0.1) is 0 Å². The van der Waals surface area contributed by atoms with Crippen LogP contribution in [0.25, 0.3) is 0 Å². The molecule has 2 aliphatic rings. The van der Waals surface area contributed by atoms with Gasteiger partial charge in [0.15, 0.2) is 0 Å². The number of hydrogen-bond acceptors (Lipinski definition) is 2. The molecule has 2 aromatic rings. The van der Waals surface area contributed by atoms with Crippen LogP contribution in [0.15, 0.2) is 48.5 Å². The molecule has 43 heavy (non-hydrogen) atoms. The standard InChI is InChI=1S/C41H64O2/c1-2-3-4-5-6-7-8-9-10-11-12-13-14-15-34-16-18-35(19-17-34)20-21-36-30-32-41(33-31-36,37-22-26-39(42)27-23-37)38-24-28-40(43)29-25-38/h22-29,34-36,42-43H,2-21,30-33H2,1H3. The molecule has 0 atom stereocenters. The van der Waals surface area contributed by atoms with Gasteiger partial charge in [0, 0.05) is 5.41 Å². The van der Waals surface area contributed by atoms with E-state index in [0.717, 1.165) is 30.6 Å². The molecular formula is C41H64O2. The van der Waals surface area contributed by atoms with Gasteiger partial charge < -0.3 is 10.2 Å². The second-order valence-corrected chi connectivity index (χ2v) is 14.6. The third-order valence-corrected chi connectivity index (χ3v) is 11.5. The molecule has 2 heteroatoms. The first-order valence-electron chi connectivity index (χ1n) is 18.7. The average molecular weight is 589 g/mol. The van der Waals surface area contributed by atoms with Crippen LogP contribution in [0.1, 0.15) is 172 Å². The minimum absolute atomic E-state index is 0.0104. The highest BCUT2D eigenvalue weighted by atomic mass is 16.3. The highest BCUT2D eigenvalue weighted by Gasteiger charge is 2.38. The van der Waals surface area contributed by atoms with E-state index >= 15 is 0 Å². The Kier molecular flexibility index (Phi) is 14.8. The topological polar surface area (TPSA) is 40.5 Å². The Balaban J connectivity index is 1.06. The van der Waals surface area contributed by atoms with E-state index in [4.69, 9.17) is 0 Å². The minimum Gasteiger partial charge on any atom is -0.508 e. The molecule has 2 aliphatic carbocycles. The Labute approximate surface area is 265 Å². The number of phenols is 2. The van der Waals surface area contributed by atoms with E-state index in [1.54, 1.807) is 0 Å². The maximum absolute atomic E-state index is 9.89. The van der Waals surface area contributed by atoms with E-state index in [-0.39, 0.29) is 5.41 Å². The quantitative estimate of drug-likeness (QED) is 0.160. The van der Waals surface area contributed by atoms with E-state index in [1.807, 2.05) is 24.3 Å². The molecule has 0 spiro atoms. The molecule has 0 amide bonds. The SMILES string of the molecule is CCCCCCCCCCCCCCCC1CCC(CCC2CCC(c3ccc(O)cc3)(c3ccc(O)cc3)CC2)CC1. The van der Waals surface area contributed by atoms with Crippen molar-refractivity contribution < 1.29 is 10.2 Å². The predicted molar refractivity (Wildman–Crippen MR) is 184 cm³/mol. The lowest BCUT2D eigenvalue weighted by Crippen LogP contribution is -2.33. The van der Waals surface area contributed by atoms with Crippen molar-refractivity contribution >= 4 is 0 Å². The summed E-state index contributed by atoms with van der Waals surface area (Å²) >= 11 is 0. The average Bonchev–Trinajstić information content (AvgIpc) is 3.04. The Morgan fingerprint density at radius 3 is 1.23 bits per heavy atom. The lowest BCUT2D eigenvalue weighted by atomic mass is 9.62. The van der Waals surface area contributed by atoms with Crippen molar-refractivity contribution in [3.63, 3.8) is 0 Å². The first kappa shape index (κ1) is 33.9. The summed E-state index contributed by atoms with van der Waals surface area (Å²) in [5.41, 5.74) is 2.59. The van der Waals surface area contributed by atoms with E-state index in [2.05, 4.69) is 31.2 Å². The van der Waals surface area contributed by atoms with Crippen LogP contribution >= 0.6 is 0 Å². The zero-order valence-electron chi connectivity index (χ0n) is 27.7. The number of unbranched alkanes of at least 4 members (excludes halogenated alkanes) is 12. The molecular weight excluding hydrogens is 524 g/mol. The van der Waals surface area contributed by atoms with E-state index in [1.165, 1.54) is 152 Å². The van der Waals surface area contributed by atoms with E-state index < -0.39 is 0 Å². The van der Waals surface area contributed by atoms with Gasteiger partial charge in [-0.2, -0.15) is 0 Å². The largest absolute Gasteiger partial charge is 0.508 e. The second-order valence-electron chi connectivity index (χ2n) is 14.6. The van der Waals surface area contributed by atoms with Crippen LogP contribution in [0.3, 0.4) is 0 Å². The van der Waals surface area contributed by atoms with Crippen LogP contribution in [0.5, 0.6) is 11.5 Å². The third kappa shape index (κ3) is 11.2. The van der Waals surface area contributed by atoms with E-state index in [9.17, 15) is 10.2 Å². The van der Waals surface area contributed by atoms with Crippen molar-refractivity contribution in [2.45, 2.75) is 166 Å². The van der Waals surface area contributed by atoms with E-state index in [0.29, 0.717) is 11.5 Å². The van der Waals surface area contributed by atoms with Crippen LogP contribution in [-0.4, -0.2) is 10.2 Å². The summed E-state index contributed by atoms with van der Waals surface area (Å²) in [6.07, 6.45) is 34.0. The number of phenolic OH excluding ortho intramolecular Hbond substituents is 2.